The van der Waals surface area contributed by atoms with Crippen molar-refractivity contribution in [2.45, 2.75) is 52.1 Å². The fraction of sp³-hybridized carbons (Fsp3) is 0.455. The largest absolute Gasteiger partial charge is 0.480 e. The smallest absolute Gasteiger partial charge is 0.326 e. The number of imidazole rings is 1. The average molecular weight is 447 g/mol. The lowest BCUT2D eigenvalue weighted by Crippen LogP contribution is -2.45. The quantitative estimate of drug-likeness (QED) is 0.509. The van der Waals surface area contributed by atoms with Gasteiger partial charge >= 0.3 is 5.97 Å². The summed E-state index contributed by atoms with van der Waals surface area (Å²) in [4.78, 5) is 41.9. The predicted octanol–water partition coefficient (Wildman–Crippen LogP) is 3.40. The highest BCUT2D eigenvalue weighted by Crippen LogP contribution is 2.24. The van der Waals surface area contributed by atoms with Gasteiger partial charge in [-0.05, 0) is 30.9 Å². The number of carboxylic acids is 1. The molecule has 3 N–H and O–H groups in total. The number of carbonyl (C=O) groups is 3. The van der Waals surface area contributed by atoms with Crippen LogP contribution in [-0.4, -0.2) is 44.9 Å². The third-order valence-corrected chi connectivity index (χ3v) is 5.86. The second kappa shape index (κ2) is 9.96. The maximum Gasteiger partial charge on any atom is 0.326 e. The zero-order valence-corrected chi connectivity index (χ0v) is 18.4. The number of nitrogens with zero attached hydrogens (tertiary/aromatic N) is 2. The van der Waals surface area contributed by atoms with E-state index < -0.39 is 17.9 Å². The SMILES string of the molecule is CCC(C)C(NC(=O)c1c(NCC(=O)c2cccc(Cl)c2)nc2n1CCCC2)C(=O)O. The number of halogens is 1. The van der Waals surface area contributed by atoms with Crippen molar-refractivity contribution in [3.8, 4) is 0 Å². The Balaban J connectivity index is 1.84. The Morgan fingerprint density at radius 1 is 1.29 bits per heavy atom. The number of aliphatic carboxylic acids is 1. The summed E-state index contributed by atoms with van der Waals surface area (Å²) in [6.07, 6.45) is 3.20. The molecule has 2 heterocycles. The van der Waals surface area contributed by atoms with Gasteiger partial charge in [-0.25, -0.2) is 9.78 Å². The molecule has 1 aromatic heterocycles. The average Bonchev–Trinajstić information content (AvgIpc) is 3.13. The van der Waals surface area contributed by atoms with E-state index >= 15 is 0 Å². The van der Waals surface area contributed by atoms with E-state index in [9.17, 15) is 19.5 Å². The molecule has 0 aliphatic carbocycles. The van der Waals surface area contributed by atoms with E-state index in [0.29, 0.717) is 23.6 Å². The minimum atomic E-state index is -1.08. The first-order chi connectivity index (χ1) is 14.8. The first-order valence-electron chi connectivity index (χ1n) is 10.5. The molecule has 0 bridgehead atoms. The fourth-order valence-electron chi connectivity index (χ4n) is 3.66. The van der Waals surface area contributed by atoms with Crippen molar-refractivity contribution in [2.75, 3.05) is 11.9 Å². The van der Waals surface area contributed by atoms with E-state index in [-0.39, 0.29) is 29.8 Å². The minimum Gasteiger partial charge on any atom is -0.480 e. The van der Waals surface area contributed by atoms with Crippen molar-refractivity contribution in [1.29, 1.82) is 0 Å². The summed E-state index contributed by atoms with van der Waals surface area (Å²) in [7, 11) is 0. The van der Waals surface area contributed by atoms with Crippen LogP contribution in [0.1, 0.15) is 59.8 Å². The van der Waals surface area contributed by atoms with Crippen LogP contribution in [0.25, 0.3) is 0 Å². The number of aromatic nitrogens is 2. The highest BCUT2D eigenvalue weighted by atomic mass is 35.5. The molecular weight excluding hydrogens is 420 g/mol. The number of aryl methyl sites for hydroxylation is 1. The Morgan fingerprint density at radius 3 is 2.74 bits per heavy atom. The molecule has 31 heavy (non-hydrogen) atoms. The molecule has 2 unspecified atom stereocenters. The molecule has 1 amide bonds. The number of hydrogen-bond acceptors (Lipinski definition) is 5. The number of nitrogens with one attached hydrogen (secondary N) is 2. The van der Waals surface area contributed by atoms with E-state index in [1.165, 1.54) is 0 Å². The summed E-state index contributed by atoms with van der Waals surface area (Å²) in [6.45, 7) is 4.22. The van der Waals surface area contributed by atoms with Crippen molar-refractivity contribution in [3.63, 3.8) is 0 Å². The standard InChI is InChI=1S/C22H27ClN4O4/c1-3-13(2)18(22(30)31)26-21(29)19-20(25-17-9-4-5-10-27(17)19)24-12-16(28)14-7-6-8-15(23)11-14/h6-8,11,13,18,24H,3-5,9-10,12H2,1-2H3,(H,26,29)(H,30,31). The lowest BCUT2D eigenvalue weighted by molar-refractivity contribution is -0.140. The molecule has 2 atom stereocenters. The van der Waals surface area contributed by atoms with Crippen molar-refractivity contribution in [2.24, 2.45) is 5.92 Å². The molecular formula is C22H27ClN4O4. The number of fused-ring (bicyclic) bond motifs is 1. The Labute approximate surface area is 186 Å². The molecule has 166 valence electrons. The predicted molar refractivity (Wildman–Crippen MR) is 118 cm³/mol. The van der Waals surface area contributed by atoms with Gasteiger partial charge in [-0.3, -0.25) is 9.59 Å². The minimum absolute atomic E-state index is 0.0647. The number of carboxylic acid groups (broad SMARTS) is 1. The van der Waals surface area contributed by atoms with Crippen LogP contribution < -0.4 is 10.6 Å². The van der Waals surface area contributed by atoms with Gasteiger partial charge in [-0.1, -0.05) is 44.0 Å². The monoisotopic (exact) mass is 446 g/mol. The summed E-state index contributed by atoms with van der Waals surface area (Å²) in [5.41, 5.74) is 0.723. The van der Waals surface area contributed by atoms with E-state index in [1.54, 1.807) is 31.2 Å². The first-order valence-corrected chi connectivity index (χ1v) is 10.8. The van der Waals surface area contributed by atoms with Gasteiger partial charge in [-0.2, -0.15) is 0 Å². The number of ketones is 1. The van der Waals surface area contributed by atoms with Crippen molar-refractivity contribution >= 4 is 35.1 Å². The zero-order valence-electron chi connectivity index (χ0n) is 17.7. The first kappa shape index (κ1) is 22.8. The molecule has 2 aromatic rings. The number of amides is 1. The Bertz CT molecular complexity index is 988. The maximum absolute atomic E-state index is 13.1. The fourth-order valence-corrected chi connectivity index (χ4v) is 3.85. The lowest BCUT2D eigenvalue weighted by Gasteiger charge is -2.22. The summed E-state index contributed by atoms with van der Waals surface area (Å²) in [5.74, 6) is -0.964. The highest BCUT2D eigenvalue weighted by Gasteiger charge is 2.30. The van der Waals surface area contributed by atoms with Crippen LogP contribution in [0.15, 0.2) is 24.3 Å². The van der Waals surface area contributed by atoms with Crippen LogP contribution >= 0.6 is 11.6 Å². The number of carbonyl (C=O) groups excluding carboxylic acids is 2. The van der Waals surface area contributed by atoms with Crippen molar-refractivity contribution in [1.82, 2.24) is 14.9 Å². The second-order valence-corrected chi connectivity index (χ2v) is 8.23. The van der Waals surface area contributed by atoms with Gasteiger partial charge in [0.25, 0.3) is 5.91 Å². The van der Waals surface area contributed by atoms with Crippen LogP contribution in [0.2, 0.25) is 5.02 Å². The summed E-state index contributed by atoms with van der Waals surface area (Å²) < 4.78 is 1.82. The summed E-state index contributed by atoms with van der Waals surface area (Å²) in [5, 5.41) is 15.6. The van der Waals surface area contributed by atoms with Gasteiger partial charge in [0.05, 0.1) is 6.54 Å². The Hall–Kier alpha value is -2.87. The molecule has 0 radical (unpaired) electrons. The molecule has 8 nitrogen and oxygen atoms in total. The number of hydrogen-bond donors (Lipinski definition) is 3. The lowest BCUT2D eigenvalue weighted by atomic mass is 9.99. The van der Waals surface area contributed by atoms with E-state index in [2.05, 4.69) is 15.6 Å². The van der Waals surface area contributed by atoms with Crippen LogP contribution in [0, 0.1) is 5.92 Å². The normalized spacial score (nSPS) is 14.9. The number of anilines is 1. The van der Waals surface area contributed by atoms with E-state index in [0.717, 1.165) is 25.1 Å². The van der Waals surface area contributed by atoms with Gasteiger partial charge in [0.15, 0.2) is 17.3 Å². The molecule has 0 saturated heterocycles. The third-order valence-electron chi connectivity index (χ3n) is 5.62. The molecule has 1 aliphatic heterocycles. The number of benzene rings is 1. The maximum atomic E-state index is 13.1. The Kier molecular flexibility index (Phi) is 7.33. The summed E-state index contributed by atoms with van der Waals surface area (Å²) in [6, 6.07) is 5.64. The van der Waals surface area contributed by atoms with Crippen LogP contribution in [-0.2, 0) is 17.8 Å². The number of rotatable bonds is 9. The van der Waals surface area contributed by atoms with Gasteiger partial charge in [0.2, 0.25) is 0 Å². The second-order valence-electron chi connectivity index (χ2n) is 7.80. The molecule has 0 spiro atoms. The molecule has 0 fully saturated rings. The molecule has 1 aliphatic rings. The zero-order chi connectivity index (χ0) is 22.5. The van der Waals surface area contributed by atoms with Gasteiger partial charge in [-0.15, -0.1) is 0 Å². The van der Waals surface area contributed by atoms with Crippen molar-refractivity contribution < 1.29 is 19.5 Å². The Morgan fingerprint density at radius 2 is 2.06 bits per heavy atom. The van der Waals surface area contributed by atoms with E-state index in [4.69, 9.17) is 11.6 Å². The van der Waals surface area contributed by atoms with E-state index in [1.807, 2.05) is 11.5 Å². The molecule has 3 rings (SSSR count). The molecule has 0 saturated carbocycles. The number of Topliss-reactive ketones (excluding diaryl/α,β-unsaturated/α-hetero) is 1. The van der Waals surface area contributed by atoms with Crippen LogP contribution in [0.4, 0.5) is 5.82 Å². The third kappa shape index (κ3) is 5.25. The van der Waals surface area contributed by atoms with Crippen molar-refractivity contribution in [3.05, 3.63) is 46.4 Å². The van der Waals surface area contributed by atoms with Crippen LogP contribution in [0.5, 0.6) is 0 Å². The summed E-state index contributed by atoms with van der Waals surface area (Å²) >= 11 is 5.96. The molecule has 9 heteroatoms. The van der Waals surface area contributed by atoms with Gasteiger partial charge in [0, 0.05) is 23.6 Å². The van der Waals surface area contributed by atoms with Gasteiger partial charge < -0.3 is 20.3 Å². The highest BCUT2D eigenvalue weighted by molar-refractivity contribution is 6.31. The molecule has 1 aromatic carbocycles. The topological polar surface area (TPSA) is 113 Å². The van der Waals surface area contributed by atoms with Crippen LogP contribution in [0.3, 0.4) is 0 Å². The van der Waals surface area contributed by atoms with Gasteiger partial charge in [0.1, 0.15) is 11.9 Å².